The van der Waals surface area contributed by atoms with Crippen LogP contribution in [0.4, 0.5) is 13.2 Å². The van der Waals surface area contributed by atoms with Gasteiger partial charge in [0, 0.05) is 16.8 Å². The van der Waals surface area contributed by atoms with Crippen molar-refractivity contribution in [2.45, 2.75) is 30.5 Å². The minimum absolute atomic E-state index is 0.103. The van der Waals surface area contributed by atoms with E-state index in [0.717, 1.165) is 17.3 Å². The number of aromatic nitrogens is 3. The fraction of sp³-hybridized carbons (Fsp3) is 0.429. The summed E-state index contributed by atoms with van der Waals surface area (Å²) in [5, 5.41) is 12.4. The monoisotopic (exact) mass is 381 g/mol. The maximum absolute atomic E-state index is 13.2. The average Bonchev–Trinajstić information content (AvgIpc) is 3.01. The Morgan fingerprint density at radius 2 is 1.88 bits per heavy atom. The number of nitrogens with zero attached hydrogens (tertiary/aromatic N) is 3. The molecular formula is C14H15ClF3N3O2S. The summed E-state index contributed by atoms with van der Waals surface area (Å²) in [7, 11) is 0. The van der Waals surface area contributed by atoms with Gasteiger partial charge in [0.05, 0.1) is 0 Å². The maximum Gasteiger partial charge on any atom is 0.447 e. The largest absolute Gasteiger partial charge is 0.454 e. The van der Waals surface area contributed by atoms with Crippen LogP contribution in [0.25, 0.3) is 0 Å². The fourth-order valence-corrected chi connectivity index (χ4v) is 3.17. The summed E-state index contributed by atoms with van der Waals surface area (Å²) in [5.41, 5.74) is -4.69. The first-order chi connectivity index (χ1) is 11.1. The smallest absolute Gasteiger partial charge is 0.447 e. The number of hydrogen-bond acceptors (Lipinski definition) is 5. The lowest BCUT2D eigenvalue weighted by atomic mass is 10.1. The van der Waals surface area contributed by atoms with Gasteiger partial charge in [-0.1, -0.05) is 25.4 Å². The Hall–Kier alpha value is -1.45. The molecule has 132 valence electrons. The van der Waals surface area contributed by atoms with Crippen LogP contribution < -0.4 is 4.74 Å². The van der Waals surface area contributed by atoms with Crippen molar-refractivity contribution in [1.29, 1.82) is 0 Å². The third kappa shape index (κ3) is 4.34. The standard InChI is InChI=1S/C14H15ClF3N3O2S/c1-9(2)12(22)13(24-14(16,17)18,21-8-19-7-20-21)23-11-5-3-10(15)4-6-11/h3-9,12,22H,1-2H3. The third-order valence-electron chi connectivity index (χ3n) is 3.08. The fourth-order valence-electron chi connectivity index (χ4n) is 2.00. The predicted molar refractivity (Wildman–Crippen MR) is 84.6 cm³/mol. The quantitative estimate of drug-likeness (QED) is 0.769. The topological polar surface area (TPSA) is 60.2 Å². The number of benzene rings is 1. The molecule has 0 spiro atoms. The van der Waals surface area contributed by atoms with Gasteiger partial charge >= 0.3 is 5.51 Å². The molecule has 0 bridgehead atoms. The Balaban J connectivity index is 2.53. The number of rotatable bonds is 6. The Morgan fingerprint density at radius 1 is 1.25 bits per heavy atom. The van der Waals surface area contributed by atoms with Crippen molar-refractivity contribution in [2.24, 2.45) is 5.92 Å². The molecule has 1 heterocycles. The van der Waals surface area contributed by atoms with Crippen molar-refractivity contribution in [2.75, 3.05) is 0 Å². The normalized spacial score (nSPS) is 16.0. The number of hydrogen-bond donors (Lipinski definition) is 1. The molecule has 2 rings (SSSR count). The lowest BCUT2D eigenvalue weighted by Crippen LogP contribution is -2.51. The molecule has 0 saturated heterocycles. The Labute approximate surface area is 145 Å². The van der Waals surface area contributed by atoms with Crippen LogP contribution in [0, 0.1) is 5.92 Å². The third-order valence-corrected chi connectivity index (χ3v) is 4.37. The molecule has 10 heteroatoms. The molecule has 2 aromatic rings. The molecule has 1 aromatic heterocycles. The maximum atomic E-state index is 13.2. The molecule has 0 saturated carbocycles. The SMILES string of the molecule is CC(C)C(O)C(Oc1ccc(Cl)cc1)(SC(F)(F)F)n1cncn1. The molecule has 2 atom stereocenters. The van der Waals surface area contributed by atoms with Gasteiger partial charge in [0.15, 0.2) is 0 Å². The highest BCUT2D eigenvalue weighted by Crippen LogP contribution is 2.48. The van der Waals surface area contributed by atoms with Crippen molar-refractivity contribution in [1.82, 2.24) is 14.8 Å². The van der Waals surface area contributed by atoms with Crippen LogP contribution in [0.5, 0.6) is 5.75 Å². The van der Waals surface area contributed by atoms with Crippen molar-refractivity contribution in [3.8, 4) is 5.75 Å². The van der Waals surface area contributed by atoms with E-state index in [9.17, 15) is 18.3 Å². The lowest BCUT2D eigenvalue weighted by molar-refractivity contribution is -0.0881. The van der Waals surface area contributed by atoms with Gasteiger partial charge in [-0.2, -0.15) is 23.0 Å². The van der Waals surface area contributed by atoms with Crippen LogP contribution in [0.15, 0.2) is 36.9 Å². The highest BCUT2D eigenvalue weighted by molar-refractivity contribution is 8.00. The number of aliphatic hydroxyl groups excluding tert-OH is 1. The minimum atomic E-state index is -4.69. The summed E-state index contributed by atoms with van der Waals surface area (Å²) in [6.45, 7) is 3.16. The number of thioether (sulfide) groups is 1. The second kappa shape index (κ2) is 7.20. The summed E-state index contributed by atoms with van der Waals surface area (Å²) >= 11 is 5.28. The van der Waals surface area contributed by atoms with Crippen molar-refractivity contribution in [3.63, 3.8) is 0 Å². The van der Waals surface area contributed by atoms with Crippen LogP contribution in [-0.2, 0) is 5.06 Å². The second-order valence-corrected chi connectivity index (χ2v) is 6.95. The van der Waals surface area contributed by atoms with Gasteiger partial charge in [0.2, 0.25) is 0 Å². The molecule has 5 nitrogen and oxygen atoms in total. The van der Waals surface area contributed by atoms with Gasteiger partial charge in [0.25, 0.3) is 5.06 Å². The van der Waals surface area contributed by atoms with E-state index >= 15 is 0 Å². The zero-order valence-corrected chi connectivity index (χ0v) is 14.3. The first-order valence-electron chi connectivity index (χ1n) is 6.89. The van der Waals surface area contributed by atoms with Crippen molar-refractivity contribution >= 4 is 23.4 Å². The highest BCUT2D eigenvalue weighted by atomic mass is 35.5. The summed E-state index contributed by atoms with van der Waals surface area (Å²) in [6, 6.07) is 5.78. The number of alkyl halides is 3. The van der Waals surface area contributed by atoms with Crippen LogP contribution in [0.2, 0.25) is 5.02 Å². The summed E-state index contributed by atoms with van der Waals surface area (Å²) < 4.78 is 46.1. The van der Waals surface area contributed by atoms with E-state index in [4.69, 9.17) is 16.3 Å². The number of halogens is 4. The lowest BCUT2D eigenvalue weighted by Gasteiger charge is -2.39. The van der Waals surface area contributed by atoms with E-state index < -0.39 is 34.3 Å². The summed E-state index contributed by atoms with van der Waals surface area (Å²) in [6.07, 6.45) is 0.617. The molecule has 0 aliphatic rings. The minimum Gasteiger partial charge on any atom is -0.454 e. The Morgan fingerprint density at radius 3 is 2.33 bits per heavy atom. The zero-order chi connectivity index (χ0) is 18.0. The molecule has 0 amide bonds. The highest BCUT2D eigenvalue weighted by Gasteiger charge is 2.54. The predicted octanol–water partition coefficient (Wildman–Crippen LogP) is 3.89. The molecule has 0 fully saturated rings. The van der Waals surface area contributed by atoms with Gasteiger partial charge in [-0.3, -0.25) is 0 Å². The summed E-state index contributed by atoms with van der Waals surface area (Å²) in [4.78, 5) is 3.67. The molecule has 0 aliphatic carbocycles. The van der Waals surface area contributed by atoms with Crippen molar-refractivity contribution in [3.05, 3.63) is 41.9 Å². The summed E-state index contributed by atoms with van der Waals surface area (Å²) in [5.74, 6) is -0.442. The zero-order valence-electron chi connectivity index (χ0n) is 12.7. The van der Waals surface area contributed by atoms with E-state index in [0.29, 0.717) is 5.02 Å². The number of ether oxygens (including phenoxy) is 1. The van der Waals surface area contributed by atoms with Gasteiger partial charge in [-0.15, -0.1) is 0 Å². The van der Waals surface area contributed by atoms with Gasteiger partial charge < -0.3 is 9.84 Å². The first-order valence-corrected chi connectivity index (χ1v) is 8.08. The second-order valence-electron chi connectivity index (χ2n) is 5.26. The van der Waals surface area contributed by atoms with Gasteiger partial charge in [-0.25, -0.2) is 4.98 Å². The molecule has 2 unspecified atom stereocenters. The molecular weight excluding hydrogens is 367 g/mol. The number of aliphatic hydroxyl groups is 1. The van der Waals surface area contributed by atoms with E-state index in [1.807, 2.05) is 0 Å². The van der Waals surface area contributed by atoms with Gasteiger partial charge in [0.1, 0.15) is 24.5 Å². The van der Waals surface area contributed by atoms with Crippen LogP contribution in [0.3, 0.4) is 0 Å². The van der Waals surface area contributed by atoms with Crippen LogP contribution >= 0.6 is 23.4 Å². The van der Waals surface area contributed by atoms with Crippen molar-refractivity contribution < 1.29 is 23.0 Å². The van der Waals surface area contributed by atoms with E-state index in [2.05, 4.69) is 10.1 Å². The molecule has 0 aliphatic heterocycles. The molecule has 24 heavy (non-hydrogen) atoms. The van der Waals surface area contributed by atoms with Gasteiger partial charge in [-0.05, 0) is 30.2 Å². The van der Waals surface area contributed by atoms with E-state index in [1.165, 1.54) is 24.3 Å². The molecule has 1 N–H and O–H groups in total. The van der Waals surface area contributed by atoms with Crippen LogP contribution in [0.1, 0.15) is 13.8 Å². The average molecular weight is 382 g/mol. The molecule has 0 radical (unpaired) electrons. The van der Waals surface area contributed by atoms with Crippen LogP contribution in [-0.4, -0.2) is 31.5 Å². The Kier molecular flexibility index (Phi) is 5.67. The molecule has 1 aromatic carbocycles. The van der Waals surface area contributed by atoms with E-state index in [1.54, 1.807) is 13.8 Å². The van der Waals surface area contributed by atoms with E-state index in [-0.39, 0.29) is 5.75 Å². The first kappa shape index (κ1) is 18.9. The Bertz CT molecular complexity index is 652.